The maximum absolute atomic E-state index is 4.24. The first-order valence-corrected chi connectivity index (χ1v) is 5.18. The van der Waals surface area contributed by atoms with Crippen molar-refractivity contribution < 1.29 is 0 Å². The molecule has 72 valence electrons. The summed E-state index contributed by atoms with van der Waals surface area (Å²) in [6.07, 6.45) is 3.63. The molecule has 14 heavy (non-hydrogen) atoms. The number of hydrogen-bond acceptors (Lipinski definition) is 4. The number of thiazole rings is 1. The highest BCUT2D eigenvalue weighted by Gasteiger charge is 2.01. The molecule has 0 atom stereocenters. The number of nitrogens with zero attached hydrogens (tertiary/aromatic N) is 2. The Morgan fingerprint density at radius 3 is 2.79 bits per heavy atom. The second kappa shape index (κ2) is 3.75. The zero-order chi connectivity index (χ0) is 9.97. The molecule has 0 amide bonds. The predicted octanol–water partition coefficient (Wildman–Crippen LogP) is 2.90. The van der Waals surface area contributed by atoms with E-state index < -0.39 is 0 Å². The molecule has 2 rings (SSSR count). The minimum absolute atomic E-state index is 0.877. The first-order valence-electron chi connectivity index (χ1n) is 4.37. The largest absolute Gasteiger partial charge is 0.316 e. The molecule has 0 spiro atoms. The van der Waals surface area contributed by atoms with E-state index in [4.69, 9.17) is 0 Å². The normalized spacial score (nSPS) is 10.1. The number of pyridine rings is 1. The van der Waals surface area contributed by atoms with E-state index in [1.54, 1.807) is 17.5 Å². The van der Waals surface area contributed by atoms with E-state index in [1.165, 1.54) is 4.88 Å². The zero-order valence-corrected chi connectivity index (χ0v) is 8.93. The lowest BCUT2D eigenvalue weighted by atomic mass is 10.3. The highest BCUT2D eigenvalue weighted by molar-refractivity contribution is 7.15. The molecule has 2 aromatic rings. The van der Waals surface area contributed by atoms with Crippen LogP contribution in [0.4, 0.5) is 10.9 Å². The third-order valence-corrected chi connectivity index (χ3v) is 2.68. The van der Waals surface area contributed by atoms with E-state index in [-0.39, 0.29) is 0 Å². The average molecular weight is 205 g/mol. The lowest BCUT2D eigenvalue weighted by molar-refractivity contribution is 1.24. The van der Waals surface area contributed by atoms with Gasteiger partial charge in [0.2, 0.25) is 0 Å². The minimum atomic E-state index is 0.877. The number of hydrogen-bond donors (Lipinski definition) is 1. The molecule has 0 bridgehead atoms. The molecule has 1 N–H and O–H groups in total. The summed E-state index contributed by atoms with van der Waals surface area (Å²) in [5, 5.41) is 4.08. The molecule has 2 heterocycles. The van der Waals surface area contributed by atoms with Crippen LogP contribution in [0.25, 0.3) is 0 Å². The average Bonchev–Trinajstić information content (AvgIpc) is 2.56. The van der Waals surface area contributed by atoms with E-state index in [0.717, 1.165) is 16.5 Å². The van der Waals surface area contributed by atoms with Gasteiger partial charge in [-0.05, 0) is 25.5 Å². The summed E-state index contributed by atoms with van der Waals surface area (Å²) in [4.78, 5) is 9.65. The second-order valence-corrected chi connectivity index (χ2v) is 4.30. The van der Waals surface area contributed by atoms with Gasteiger partial charge in [0.25, 0.3) is 0 Å². The molecular formula is C10H11N3S. The Balaban J connectivity index is 2.23. The van der Waals surface area contributed by atoms with Crippen molar-refractivity contribution in [3.05, 3.63) is 35.0 Å². The molecule has 0 aliphatic heterocycles. The Morgan fingerprint density at radius 1 is 1.29 bits per heavy atom. The molecule has 0 unspecified atom stereocenters. The molecule has 0 aliphatic rings. The van der Waals surface area contributed by atoms with Crippen molar-refractivity contribution in [2.45, 2.75) is 13.8 Å². The van der Waals surface area contributed by atoms with Crippen LogP contribution in [0.15, 0.2) is 24.5 Å². The van der Waals surface area contributed by atoms with Crippen LogP contribution in [0.5, 0.6) is 0 Å². The molecule has 0 aliphatic carbocycles. The SMILES string of the molecule is Cc1cnc(Nc2ncccc2C)s1. The highest BCUT2D eigenvalue weighted by atomic mass is 32.1. The van der Waals surface area contributed by atoms with E-state index in [9.17, 15) is 0 Å². The van der Waals surface area contributed by atoms with Crippen molar-refractivity contribution in [2.75, 3.05) is 5.32 Å². The first-order chi connectivity index (χ1) is 6.75. The molecule has 4 heteroatoms. The van der Waals surface area contributed by atoms with Crippen molar-refractivity contribution in [1.29, 1.82) is 0 Å². The smallest absolute Gasteiger partial charge is 0.188 e. The molecule has 0 aromatic carbocycles. The van der Waals surface area contributed by atoms with Crippen LogP contribution in [0.1, 0.15) is 10.4 Å². The quantitative estimate of drug-likeness (QED) is 0.819. The van der Waals surface area contributed by atoms with Crippen molar-refractivity contribution >= 4 is 22.3 Å². The first kappa shape index (κ1) is 9.15. The van der Waals surface area contributed by atoms with Gasteiger partial charge in [0.15, 0.2) is 5.13 Å². The Morgan fingerprint density at radius 2 is 2.14 bits per heavy atom. The lowest BCUT2D eigenvalue weighted by Crippen LogP contribution is -1.94. The molecule has 0 saturated carbocycles. The van der Waals surface area contributed by atoms with Crippen molar-refractivity contribution in [1.82, 2.24) is 9.97 Å². The number of aryl methyl sites for hydroxylation is 2. The van der Waals surface area contributed by atoms with Gasteiger partial charge in [0.05, 0.1) is 0 Å². The van der Waals surface area contributed by atoms with Crippen LogP contribution in [-0.2, 0) is 0 Å². The highest BCUT2D eigenvalue weighted by Crippen LogP contribution is 2.21. The molecule has 0 radical (unpaired) electrons. The molecule has 0 fully saturated rings. The van der Waals surface area contributed by atoms with Crippen LogP contribution in [-0.4, -0.2) is 9.97 Å². The Hall–Kier alpha value is -1.42. The number of nitrogens with one attached hydrogen (secondary N) is 1. The van der Waals surface area contributed by atoms with Crippen LogP contribution >= 0.6 is 11.3 Å². The van der Waals surface area contributed by atoms with Gasteiger partial charge in [-0.1, -0.05) is 6.07 Å². The van der Waals surface area contributed by atoms with Gasteiger partial charge >= 0.3 is 0 Å². The van der Waals surface area contributed by atoms with Crippen molar-refractivity contribution in [2.24, 2.45) is 0 Å². The molecule has 2 aromatic heterocycles. The maximum atomic E-state index is 4.24. The summed E-state index contributed by atoms with van der Waals surface area (Å²) < 4.78 is 0. The standard InChI is InChI=1S/C10H11N3S/c1-7-4-3-5-11-9(7)13-10-12-6-8(2)14-10/h3-6H,1-2H3,(H,11,12,13). The van der Waals surface area contributed by atoms with Crippen LogP contribution in [0.3, 0.4) is 0 Å². The molecule has 3 nitrogen and oxygen atoms in total. The van der Waals surface area contributed by atoms with Crippen molar-refractivity contribution in [3.63, 3.8) is 0 Å². The summed E-state index contributed by atoms with van der Waals surface area (Å²) >= 11 is 1.63. The third-order valence-electron chi connectivity index (χ3n) is 1.86. The van der Waals surface area contributed by atoms with Gasteiger partial charge in [-0.15, -0.1) is 11.3 Å². The van der Waals surface area contributed by atoms with Gasteiger partial charge in [0.1, 0.15) is 5.82 Å². The topological polar surface area (TPSA) is 37.8 Å². The number of aromatic nitrogens is 2. The van der Waals surface area contributed by atoms with Gasteiger partial charge < -0.3 is 5.32 Å². The summed E-state index contributed by atoms with van der Waals surface area (Å²) in [5.41, 5.74) is 1.13. The summed E-state index contributed by atoms with van der Waals surface area (Å²) in [5.74, 6) is 0.877. The number of anilines is 2. The van der Waals surface area contributed by atoms with Gasteiger partial charge in [-0.25, -0.2) is 9.97 Å². The van der Waals surface area contributed by atoms with Crippen LogP contribution in [0, 0.1) is 13.8 Å². The number of rotatable bonds is 2. The summed E-state index contributed by atoms with van der Waals surface area (Å²) in [6.45, 7) is 4.06. The van der Waals surface area contributed by atoms with E-state index in [1.807, 2.05) is 32.2 Å². The zero-order valence-electron chi connectivity index (χ0n) is 8.11. The van der Waals surface area contributed by atoms with Gasteiger partial charge in [-0.3, -0.25) is 0 Å². The van der Waals surface area contributed by atoms with E-state index in [2.05, 4.69) is 15.3 Å². The van der Waals surface area contributed by atoms with E-state index in [0.29, 0.717) is 0 Å². The monoisotopic (exact) mass is 205 g/mol. The van der Waals surface area contributed by atoms with E-state index >= 15 is 0 Å². The summed E-state index contributed by atoms with van der Waals surface area (Å²) in [6, 6.07) is 3.95. The van der Waals surface area contributed by atoms with Crippen LogP contribution < -0.4 is 5.32 Å². The van der Waals surface area contributed by atoms with Gasteiger partial charge in [0, 0.05) is 17.3 Å². The summed E-state index contributed by atoms with van der Waals surface area (Å²) in [7, 11) is 0. The molecular weight excluding hydrogens is 194 g/mol. The van der Waals surface area contributed by atoms with Crippen LogP contribution in [0.2, 0.25) is 0 Å². The minimum Gasteiger partial charge on any atom is -0.316 e. The second-order valence-electron chi connectivity index (χ2n) is 3.07. The third kappa shape index (κ3) is 1.90. The Bertz CT molecular complexity index is 436. The molecule has 0 saturated heterocycles. The van der Waals surface area contributed by atoms with Crippen molar-refractivity contribution in [3.8, 4) is 0 Å². The fourth-order valence-electron chi connectivity index (χ4n) is 1.13. The van der Waals surface area contributed by atoms with Gasteiger partial charge in [-0.2, -0.15) is 0 Å². The maximum Gasteiger partial charge on any atom is 0.188 e. The fourth-order valence-corrected chi connectivity index (χ4v) is 1.79. The Kier molecular flexibility index (Phi) is 2.45. The predicted molar refractivity (Wildman–Crippen MR) is 59.1 cm³/mol. The lowest BCUT2D eigenvalue weighted by Gasteiger charge is -2.03. The Labute approximate surface area is 86.8 Å². The fraction of sp³-hybridized carbons (Fsp3) is 0.200.